The van der Waals surface area contributed by atoms with Crippen LogP contribution in [0, 0.1) is 5.82 Å². The number of rotatable bonds is 2. The summed E-state index contributed by atoms with van der Waals surface area (Å²) >= 11 is 5.91. The van der Waals surface area contributed by atoms with Gasteiger partial charge in [0.2, 0.25) is 0 Å². The van der Waals surface area contributed by atoms with Gasteiger partial charge in [-0.1, -0.05) is 37.3 Å². The van der Waals surface area contributed by atoms with Crippen molar-refractivity contribution < 1.29 is 14.3 Å². The van der Waals surface area contributed by atoms with Gasteiger partial charge in [0.15, 0.2) is 0 Å². The molecule has 1 aromatic carbocycles. The molecule has 20 heavy (non-hydrogen) atoms. The Balaban J connectivity index is 2.07. The van der Waals surface area contributed by atoms with Crippen LogP contribution < -0.4 is 5.32 Å². The number of aliphatic hydroxyl groups excluding tert-OH is 1. The molecule has 110 valence electrons. The van der Waals surface area contributed by atoms with Gasteiger partial charge in [0.25, 0.3) is 5.91 Å². The molecule has 0 bridgehead atoms. The molecular weight excluding hydrogens is 281 g/mol. The van der Waals surface area contributed by atoms with Gasteiger partial charge in [0.05, 0.1) is 22.7 Å². The van der Waals surface area contributed by atoms with Gasteiger partial charge in [-0.05, 0) is 31.0 Å². The zero-order valence-electron chi connectivity index (χ0n) is 11.2. The van der Waals surface area contributed by atoms with Crippen molar-refractivity contribution in [1.82, 2.24) is 5.32 Å². The molecule has 0 aliphatic heterocycles. The molecule has 0 spiro atoms. The van der Waals surface area contributed by atoms with Crippen LogP contribution in [0.2, 0.25) is 5.02 Å². The van der Waals surface area contributed by atoms with E-state index in [9.17, 15) is 14.3 Å². The molecule has 0 saturated heterocycles. The molecule has 1 fully saturated rings. The van der Waals surface area contributed by atoms with Crippen molar-refractivity contribution in [2.24, 2.45) is 0 Å². The highest BCUT2D eigenvalue weighted by atomic mass is 35.5. The number of halogens is 2. The van der Waals surface area contributed by atoms with Gasteiger partial charge in [-0.25, -0.2) is 4.39 Å². The maximum atomic E-state index is 13.2. The average Bonchev–Trinajstić information content (AvgIpc) is 2.41. The van der Waals surface area contributed by atoms with Crippen LogP contribution in [0.25, 0.3) is 0 Å². The lowest BCUT2D eigenvalue weighted by Crippen LogP contribution is -2.43. The first-order chi connectivity index (χ1) is 9.58. The third-order valence-electron chi connectivity index (χ3n) is 3.72. The Morgan fingerprint density at radius 2 is 1.95 bits per heavy atom. The van der Waals surface area contributed by atoms with Crippen LogP contribution in [0.15, 0.2) is 18.2 Å². The lowest BCUT2D eigenvalue weighted by molar-refractivity contribution is 0.0771. The van der Waals surface area contributed by atoms with Crippen LogP contribution in [0.4, 0.5) is 4.39 Å². The van der Waals surface area contributed by atoms with Crippen molar-refractivity contribution >= 4 is 17.5 Å². The zero-order valence-corrected chi connectivity index (χ0v) is 12.0. The van der Waals surface area contributed by atoms with E-state index < -0.39 is 17.8 Å². The van der Waals surface area contributed by atoms with Crippen molar-refractivity contribution in [3.63, 3.8) is 0 Å². The number of nitrogens with one attached hydrogen (secondary N) is 1. The quantitative estimate of drug-likeness (QED) is 0.880. The lowest BCUT2D eigenvalue weighted by Gasteiger charge is -2.26. The molecule has 2 rings (SSSR count). The third kappa shape index (κ3) is 3.93. The van der Waals surface area contributed by atoms with Crippen LogP contribution in [-0.4, -0.2) is 23.2 Å². The maximum Gasteiger partial charge on any atom is 0.253 e. The van der Waals surface area contributed by atoms with Gasteiger partial charge in [-0.2, -0.15) is 0 Å². The standard InChI is InChI=1S/C15H19ClFNO2/c16-12-8-7-10(17)9-11(12)15(20)18-13-5-3-1-2-4-6-14(13)19/h7-9,13-14,19H,1-6H2,(H,18,20)/t13-,14-/m0/s1. The summed E-state index contributed by atoms with van der Waals surface area (Å²) in [7, 11) is 0. The molecule has 1 saturated carbocycles. The van der Waals surface area contributed by atoms with Gasteiger partial charge in [0.1, 0.15) is 5.82 Å². The van der Waals surface area contributed by atoms with E-state index in [-0.39, 0.29) is 16.6 Å². The Hall–Kier alpha value is -1.13. The maximum absolute atomic E-state index is 13.2. The van der Waals surface area contributed by atoms with Crippen molar-refractivity contribution in [2.45, 2.75) is 50.7 Å². The molecule has 2 N–H and O–H groups in total. The molecule has 1 aromatic rings. The number of aliphatic hydroxyl groups is 1. The van der Waals surface area contributed by atoms with Crippen LogP contribution in [-0.2, 0) is 0 Å². The first kappa shape index (κ1) is 15.3. The summed E-state index contributed by atoms with van der Waals surface area (Å²) < 4.78 is 13.2. The molecule has 1 amide bonds. The molecule has 0 radical (unpaired) electrons. The number of carbonyl (C=O) groups excluding carboxylic acids is 1. The first-order valence-corrected chi connectivity index (χ1v) is 7.39. The van der Waals surface area contributed by atoms with E-state index in [0.717, 1.165) is 38.2 Å². The summed E-state index contributed by atoms with van der Waals surface area (Å²) in [5.41, 5.74) is 0.112. The molecule has 2 atom stereocenters. The SMILES string of the molecule is O=C(N[C@H]1CCCCCC[C@@H]1O)c1cc(F)ccc1Cl. The Morgan fingerprint density at radius 1 is 1.25 bits per heavy atom. The first-order valence-electron chi connectivity index (χ1n) is 7.02. The Morgan fingerprint density at radius 3 is 2.70 bits per heavy atom. The fourth-order valence-electron chi connectivity index (χ4n) is 2.55. The monoisotopic (exact) mass is 299 g/mol. The highest BCUT2D eigenvalue weighted by molar-refractivity contribution is 6.33. The number of benzene rings is 1. The van der Waals surface area contributed by atoms with Gasteiger partial charge in [0, 0.05) is 0 Å². The fraction of sp³-hybridized carbons (Fsp3) is 0.533. The highest BCUT2D eigenvalue weighted by Gasteiger charge is 2.23. The molecule has 1 aliphatic carbocycles. The molecule has 5 heteroatoms. The topological polar surface area (TPSA) is 49.3 Å². The van der Waals surface area contributed by atoms with E-state index in [1.54, 1.807) is 0 Å². The smallest absolute Gasteiger partial charge is 0.253 e. The molecule has 1 aliphatic rings. The average molecular weight is 300 g/mol. The minimum Gasteiger partial charge on any atom is -0.391 e. The Bertz CT molecular complexity index is 481. The Kier molecular flexibility index (Phi) is 5.38. The second-order valence-electron chi connectivity index (χ2n) is 5.26. The molecular formula is C15H19ClFNO2. The minimum absolute atomic E-state index is 0.112. The van der Waals surface area contributed by atoms with Gasteiger partial charge >= 0.3 is 0 Å². The van der Waals surface area contributed by atoms with Gasteiger partial charge in [-0.3, -0.25) is 4.79 Å². The van der Waals surface area contributed by atoms with E-state index in [2.05, 4.69) is 5.32 Å². The third-order valence-corrected chi connectivity index (χ3v) is 4.05. The summed E-state index contributed by atoms with van der Waals surface area (Å²) in [6.45, 7) is 0. The summed E-state index contributed by atoms with van der Waals surface area (Å²) in [5, 5.41) is 13.1. The van der Waals surface area contributed by atoms with E-state index in [1.807, 2.05) is 0 Å². The summed E-state index contributed by atoms with van der Waals surface area (Å²) in [6, 6.07) is 3.40. The van der Waals surface area contributed by atoms with Gasteiger partial charge < -0.3 is 10.4 Å². The highest BCUT2D eigenvalue weighted by Crippen LogP contribution is 2.20. The van der Waals surface area contributed by atoms with E-state index in [1.165, 1.54) is 12.1 Å². The number of hydrogen-bond acceptors (Lipinski definition) is 2. The van der Waals surface area contributed by atoms with Crippen molar-refractivity contribution in [2.75, 3.05) is 0 Å². The van der Waals surface area contributed by atoms with Crippen LogP contribution in [0.1, 0.15) is 48.9 Å². The summed E-state index contributed by atoms with van der Waals surface area (Å²) in [5.74, 6) is -0.933. The molecule has 0 unspecified atom stereocenters. The fourth-order valence-corrected chi connectivity index (χ4v) is 2.75. The molecule has 0 heterocycles. The van der Waals surface area contributed by atoms with E-state index in [4.69, 9.17) is 11.6 Å². The molecule has 0 aromatic heterocycles. The summed E-state index contributed by atoms with van der Waals surface area (Å²) in [6.07, 6.45) is 5.04. The van der Waals surface area contributed by atoms with Crippen LogP contribution in [0.5, 0.6) is 0 Å². The number of hydrogen-bond donors (Lipinski definition) is 2. The van der Waals surface area contributed by atoms with E-state index in [0.29, 0.717) is 6.42 Å². The second kappa shape index (κ2) is 7.04. The zero-order chi connectivity index (χ0) is 14.5. The number of amides is 1. The predicted octanol–water partition coefficient (Wildman–Crippen LogP) is 3.29. The van der Waals surface area contributed by atoms with E-state index >= 15 is 0 Å². The van der Waals surface area contributed by atoms with Gasteiger partial charge in [-0.15, -0.1) is 0 Å². The van der Waals surface area contributed by atoms with Crippen molar-refractivity contribution in [3.8, 4) is 0 Å². The van der Waals surface area contributed by atoms with Crippen molar-refractivity contribution in [3.05, 3.63) is 34.6 Å². The lowest BCUT2D eigenvalue weighted by atomic mass is 9.94. The largest absolute Gasteiger partial charge is 0.391 e. The number of carbonyl (C=O) groups is 1. The predicted molar refractivity (Wildman–Crippen MR) is 76.4 cm³/mol. The van der Waals surface area contributed by atoms with Crippen LogP contribution >= 0.6 is 11.6 Å². The normalized spacial score (nSPS) is 23.8. The minimum atomic E-state index is -0.549. The second-order valence-corrected chi connectivity index (χ2v) is 5.67. The van der Waals surface area contributed by atoms with Crippen LogP contribution in [0.3, 0.4) is 0 Å². The van der Waals surface area contributed by atoms with Crippen molar-refractivity contribution in [1.29, 1.82) is 0 Å². The Labute approximate surface area is 123 Å². The summed E-state index contributed by atoms with van der Waals surface area (Å²) in [4.78, 5) is 12.2. The molecule has 3 nitrogen and oxygen atoms in total.